The van der Waals surface area contributed by atoms with Gasteiger partial charge in [0.25, 0.3) is 0 Å². The zero-order valence-electron chi connectivity index (χ0n) is 28.2. The molecule has 0 radical (unpaired) electrons. The summed E-state index contributed by atoms with van der Waals surface area (Å²) in [6.45, 7) is 4.94. The largest absolute Gasteiger partial charge is 0.478 e. The van der Waals surface area contributed by atoms with E-state index in [1.165, 1.54) is 36.4 Å². The topological polar surface area (TPSA) is 172 Å². The molecule has 0 aliphatic carbocycles. The summed E-state index contributed by atoms with van der Waals surface area (Å²) in [5.74, 6) is -5.87. The van der Waals surface area contributed by atoms with Gasteiger partial charge in [-0.05, 0) is 106 Å². The van der Waals surface area contributed by atoms with Crippen molar-refractivity contribution in [2.45, 2.75) is 51.1 Å². The molecule has 4 aromatic carbocycles. The standard InChI is InChI=1S/C20H18O8.C19H19FN2O/c1-11-3-7-13(8-4-11)19(25)27-15(17(21)22)16(18(23)24)28-20(26)14-9-5-12(2)6-10-14;1-22-10-2-9-19(16-4-6-17(20)7-5-16)18-8-3-14(12-21)11-15(18)13-23-19/h3-10,15-16H,1-2H3,(H,21,22)(H,23,24);3-8,11,22H,2,9-10,13H2,1H3/t15-,16-;19-/m00/s1. The lowest BCUT2D eigenvalue weighted by Crippen LogP contribution is -2.45. The molecule has 1 heterocycles. The monoisotopic (exact) mass is 696 g/mol. The maximum atomic E-state index is 13.3. The van der Waals surface area contributed by atoms with Gasteiger partial charge in [-0.15, -0.1) is 0 Å². The third-order valence-electron chi connectivity index (χ3n) is 8.21. The van der Waals surface area contributed by atoms with Gasteiger partial charge in [0.2, 0.25) is 12.2 Å². The first kappa shape index (κ1) is 37.9. The van der Waals surface area contributed by atoms with Crippen LogP contribution in [-0.4, -0.2) is 59.9 Å². The van der Waals surface area contributed by atoms with E-state index in [1.807, 2.05) is 25.2 Å². The van der Waals surface area contributed by atoms with Crippen molar-refractivity contribution in [3.63, 3.8) is 0 Å². The number of benzene rings is 4. The van der Waals surface area contributed by atoms with E-state index in [-0.39, 0.29) is 16.9 Å². The van der Waals surface area contributed by atoms with Crippen LogP contribution < -0.4 is 5.32 Å². The van der Waals surface area contributed by atoms with Crippen LogP contribution in [0.3, 0.4) is 0 Å². The average molecular weight is 697 g/mol. The minimum absolute atomic E-state index is 0.0332. The van der Waals surface area contributed by atoms with Crippen LogP contribution in [0, 0.1) is 31.0 Å². The van der Waals surface area contributed by atoms with Crippen molar-refractivity contribution in [1.29, 1.82) is 5.26 Å². The van der Waals surface area contributed by atoms with E-state index in [1.54, 1.807) is 50.2 Å². The predicted molar refractivity (Wildman–Crippen MR) is 182 cm³/mol. The number of rotatable bonds is 12. The van der Waals surface area contributed by atoms with Crippen molar-refractivity contribution in [1.82, 2.24) is 5.32 Å². The lowest BCUT2D eigenvalue weighted by atomic mass is 9.81. The number of hydrogen-bond acceptors (Lipinski definition) is 9. The fourth-order valence-electron chi connectivity index (χ4n) is 5.51. The summed E-state index contributed by atoms with van der Waals surface area (Å²) in [5, 5.41) is 30.9. The number of fused-ring (bicyclic) bond motifs is 1. The van der Waals surface area contributed by atoms with Crippen LogP contribution in [0.5, 0.6) is 0 Å². The minimum atomic E-state index is -2.22. The highest BCUT2D eigenvalue weighted by atomic mass is 19.1. The molecule has 0 spiro atoms. The van der Waals surface area contributed by atoms with Crippen LogP contribution in [0.15, 0.2) is 91.0 Å². The van der Waals surface area contributed by atoms with Gasteiger partial charge in [-0.3, -0.25) is 0 Å². The number of carbonyl (C=O) groups excluding carboxylic acids is 2. The highest BCUT2D eigenvalue weighted by Crippen LogP contribution is 2.45. The summed E-state index contributed by atoms with van der Waals surface area (Å²) in [5.41, 5.74) is 4.95. The number of halogens is 1. The smallest absolute Gasteiger partial charge is 0.349 e. The molecule has 5 rings (SSSR count). The molecule has 0 fully saturated rings. The number of aliphatic carboxylic acids is 2. The highest BCUT2D eigenvalue weighted by Gasteiger charge is 2.42. The Bertz CT molecular complexity index is 1830. The lowest BCUT2D eigenvalue weighted by Gasteiger charge is -2.30. The summed E-state index contributed by atoms with van der Waals surface area (Å²) in [6.07, 6.45) is -2.70. The van der Waals surface area contributed by atoms with Crippen LogP contribution in [0.2, 0.25) is 0 Å². The number of aryl methyl sites for hydroxylation is 2. The molecule has 264 valence electrons. The van der Waals surface area contributed by atoms with Gasteiger partial charge in [-0.1, -0.05) is 53.6 Å². The van der Waals surface area contributed by atoms with E-state index in [9.17, 15) is 33.8 Å². The van der Waals surface area contributed by atoms with Gasteiger partial charge in [-0.25, -0.2) is 23.6 Å². The van der Waals surface area contributed by atoms with E-state index < -0.39 is 41.7 Å². The van der Waals surface area contributed by atoms with Gasteiger partial charge in [0.1, 0.15) is 11.4 Å². The number of nitrogens with zero attached hydrogens (tertiary/aromatic N) is 1. The molecule has 0 saturated carbocycles. The highest BCUT2D eigenvalue weighted by molar-refractivity contribution is 5.95. The van der Waals surface area contributed by atoms with E-state index >= 15 is 0 Å². The molecule has 12 heteroatoms. The molecule has 1 aliphatic rings. The van der Waals surface area contributed by atoms with Crippen molar-refractivity contribution >= 4 is 23.9 Å². The summed E-state index contributed by atoms with van der Waals surface area (Å²) < 4.78 is 29.2. The fraction of sp³-hybridized carbons (Fsp3) is 0.256. The first-order valence-electron chi connectivity index (χ1n) is 16.0. The van der Waals surface area contributed by atoms with Crippen LogP contribution >= 0.6 is 0 Å². The van der Waals surface area contributed by atoms with Crippen molar-refractivity contribution in [3.05, 3.63) is 141 Å². The zero-order valence-corrected chi connectivity index (χ0v) is 28.2. The molecule has 0 aromatic heterocycles. The molecule has 3 atom stereocenters. The molecule has 0 saturated heterocycles. The van der Waals surface area contributed by atoms with E-state index in [0.29, 0.717) is 12.2 Å². The number of carboxylic acids is 2. The molecule has 11 nitrogen and oxygen atoms in total. The summed E-state index contributed by atoms with van der Waals surface area (Å²) >= 11 is 0. The molecule has 51 heavy (non-hydrogen) atoms. The van der Waals surface area contributed by atoms with Crippen molar-refractivity contribution < 1.29 is 48.0 Å². The maximum absolute atomic E-state index is 13.3. The second-order valence-electron chi connectivity index (χ2n) is 11.9. The number of esters is 2. The average Bonchev–Trinajstić information content (AvgIpc) is 3.49. The second-order valence-corrected chi connectivity index (χ2v) is 11.9. The number of carbonyl (C=O) groups is 4. The third kappa shape index (κ3) is 9.42. The molecule has 4 aromatic rings. The third-order valence-corrected chi connectivity index (χ3v) is 8.21. The molecular formula is C39H37FN2O9. The van der Waals surface area contributed by atoms with E-state index in [4.69, 9.17) is 19.5 Å². The Kier molecular flexibility index (Phi) is 12.8. The van der Waals surface area contributed by atoms with E-state index in [2.05, 4.69) is 11.4 Å². The Labute approximate surface area is 294 Å². The number of nitrogens with one attached hydrogen (secondary N) is 1. The maximum Gasteiger partial charge on any atom is 0.349 e. The summed E-state index contributed by atoms with van der Waals surface area (Å²) in [6, 6.07) is 26.5. The first-order chi connectivity index (χ1) is 24.4. The second kappa shape index (κ2) is 17.2. The number of hydrogen-bond donors (Lipinski definition) is 3. The van der Waals surface area contributed by atoms with Gasteiger partial charge >= 0.3 is 23.9 Å². The predicted octanol–water partition coefficient (Wildman–Crippen LogP) is 5.69. The lowest BCUT2D eigenvalue weighted by molar-refractivity contribution is -0.166. The quantitative estimate of drug-likeness (QED) is 0.123. The van der Waals surface area contributed by atoms with Gasteiger partial charge in [-0.2, -0.15) is 5.26 Å². The van der Waals surface area contributed by atoms with Crippen molar-refractivity contribution in [2.24, 2.45) is 0 Å². The molecule has 0 amide bonds. The molecule has 0 bridgehead atoms. The SMILES string of the molecule is CNCCC[C@@]1(c2ccc(F)cc2)OCc2cc(C#N)ccc21.Cc1ccc(C(=O)O[C@H](C(=O)O)[C@H](OC(=O)c2ccc(C)cc2)C(=O)O)cc1. The minimum Gasteiger partial charge on any atom is -0.478 e. The number of nitriles is 1. The van der Waals surface area contributed by atoms with Crippen LogP contribution in [0.4, 0.5) is 4.39 Å². The van der Waals surface area contributed by atoms with Crippen LogP contribution in [-0.2, 0) is 36.0 Å². The van der Waals surface area contributed by atoms with Crippen LogP contribution in [0.25, 0.3) is 0 Å². The first-order valence-corrected chi connectivity index (χ1v) is 16.0. The Hall–Kier alpha value is -5.90. The Morgan fingerprint density at radius 2 is 1.35 bits per heavy atom. The molecule has 3 N–H and O–H groups in total. The van der Waals surface area contributed by atoms with Gasteiger partial charge < -0.3 is 29.7 Å². The van der Waals surface area contributed by atoms with Crippen molar-refractivity contribution in [3.8, 4) is 6.07 Å². The molecule has 0 unspecified atom stereocenters. The fourth-order valence-corrected chi connectivity index (χ4v) is 5.51. The van der Waals surface area contributed by atoms with E-state index in [0.717, 1.165) is 47.2 Å². The normalized spacial score (nSPS) is 15.6. The van der Waals surface area contributed by atoms with Gasteiger partial charge in [0.15, 0.2) is 0 Å². The number of carboxylic acid groups (broad SMARTS) is 2. The Balaban J connectivity index is 0.000000233. The summed E-state index contributed by atoms with van der Waals surface area (Å²) in [7, 11) is 1.92. The van der Waals surface area contributed by atoms with Gasteiger partial charge in [0.05, 0.1) is 29.4 Å². The van der Waals surface area contributed by atoms with Crippen LogP contribution in [0.1, 0.15) is 66.9 Å². The van der Waals surface area contributed by atoms with Crippen molar-refractivity contribution in [2.75, 3.05) is 13.6 Å². The number of ether oxygens (including phenoxy) is 3. The zero-order chi connectivity index (χ0) is 37.1. The summed E-state index contributed by atoms with van der Waals surface area (Å²) in [4.78, 5) is 47.3. The Morgan fingerprint density at radius 1 is 0.843 bits per heavy atom. The van der Waals surface area contributed by atoms with Gasteiger partial charge in [0, 0.05) is 0 Å². The molecular weight excluding hydrogens is 659 g/mol. The molecule has 1 aliphatic heterocycles. The Morgan fingerprint density at radius 3 is 1.80 bits per heavy atom.